The van der Waals surface area contributed by atoms with E-state index in [1.807, 2.05) is 61.5 Å². The molecule has 4 nitrogen and oxygen atoms in total. The van der Waals surface area contributed by atoms with Crippen molar-refractivity contribution in [1.82, 2.24) is 0 Å². The molecule has 2 rings (SSSR count). The maximum atomic E-state index is 12.4. The molecule has 0 fully saturated rings. The van der Waals surface area contributed by atoms with Crippen LogP contribution < -0.4 is 14.8 Å². The highest BCUT2D eigenvalue weighted by Gasteiger charge is 2.18. The summed E-state index contributed by atoms with van der Waals surface area (Å²) in [5.74, 6) is 1.97. The molecule has 0 saturated carbocycles. The molecule has 1 atom stereocenters. The van der Waals surface area contributed by atoms with E-state index in [0.717, 1.165) is 17.9 Å². The van der Waals surface area contributed by atoms with Crippen LogP contribution >= 0.6 is 0 Å². The van der Waals surface area contributed by atoms with Crippen LogP contribution in [0.4, 0.5) is 5.69 Å². The number of rotatable bonds is 9. The minimum atomic E-state index is -0.524. The zero-order chi connectivity index (χ0) is 18.1. The Bertz CT molecular complexity index is 638. The minimum Gasteiger partial charge on any atom is -0.494 e. The first-order chi connectivity index (χ1) is 12.1. The number of ether oxygens (including phenoxy) is 2. The molecule has 0 bridgehead atoms. The van der Waals surface area contributed by atoms with Gasteiger partial charge in [-0.1, -0.05) is 39.0 Å². The fourth-order valence-corrected chi connectivity index (χ4v) is 2.26. The van der Waals surface area contributed by atoms with Gasteiger partial charge in [-0.2, -0.15) is 0 Å². The van der Waals surface area contributed by atoms with Crippen LogP contribution in [0.1, 0.15) is 33.6 Å². The second-order valence-electron chi connectivity index (χ2n) is 6.37. The molecule has 0 aromatic heterocycles. The van der Waals surface area contributed by atoms with Crippen LogP contribution in [0.5, 0.6) is 11.5 Å². The zero-order valence-corrected chi connectivity index (χ0v) is 15.2. The summed E-state index contributed by atoms with van der Waals surface area (Å²) in [4.78, 5) is 12.4. The van der Waals surface area contributed by atoms with Crippen molar-refractivity contribution in [3.8, 4) is 11.5 Å². The van der Waals surface area contributed by atoms with Crippen molar-refractivity contribution in [2.24, 2.45) is 5.92 Å². The van der Waals surface area contributed by atoms with E-state index >= 15 is 0 Å². The molecule has 4 heteroatoms. The number of benzene rings is 2. The van der Waals surface area contributed by atoms with Crippen LogP contribution in [0.15, 0.2) is 54.6 Å². The van der Waals surface area contributed by atoms with Gasteiger partial charge in [-0.15, -0.1) is 0 Å². The van der Waals surface area contributed by atoms with E-state index in [9.17, 15) is 4.79 Å². The number of carbonyl (C=O) groups excluding carboxylic acids is 1. The maximum absolute atomic E-state index is 12.4. The van der Waals surface area contributed by atoms with Gasteiger partial charge in [0.15, 0.2) is 6.10 Å². The maximum Gasteiger partial charge on any atom is 0.265 e. The molecule has 2 aromatic carbocycles. The van der Waals surface area contributed by atoms with Gasteiger partial charge in [0.1, 0.15) is 11.5 Å². The van der Waals surface area contributed by atoms with E-state index in [0.29, 0.717) is 24.7 Å². The number of amides is 1. The third-order valence-electron chi connectivity index (χ3n) is 3.77. The number of carbonyl (C=O) groups is 1. The lowest BCUT2D eigenvalue weighted by Gasteiger charge is -2.17. The van der Waals surface area contributed by atoms with Gasteiger partial charge in [0.05, 0.1) is 6.61 Å². The highest BCUT2D eigenvalue weighted by Crippen LogP contribution is 2.18. The molecule has 0 saturated heterocycles. The van der Waals surface area contributed by atoms with E-state index in [4.69, 9.17) is 9.47 Å². The van der Waals surface area contributed by atoms with E-state index < -0.39 is 6.10 Å². The number of anilines is 1. The minimum absolute atomic E-state index is 0.153. The second-order valence-corrected chi connectivity index (χ2v) is 6.37. The van der Waals surface area contributed by atoms with E-state index in [-0.39, 0.29) is 5.91 Å². The molecule has 1 N–H and O–H groups in total. The first-order valence-electron chi connectivity index (χ1n) is 8.84. The van der Waals surface area contributed by atoms with Crippen LogP contribution in [-0.4, -0.2) is 18.6 Å². The van der Waals surface area contributed by atoms with E-state index in [1.54, 1.807) is 0 Å². The molecular weight excluding hydrogens is 314 g/mol. The fraction of sp³-hybridized carbons (Fsp3) is 0.381. The standard InChI is InChI=1S/C21H27NO3/c1-4-20(25-19-8-6-5-7-9-19)21(23)22-17-10-12-18(13-11-17)24-15-14-16(2)3/h5-13,16,20H,4,14-15H2,1-3H3,(H,22,23). The normalized spacial score (nSPS) is 11.8. The van der Waals surface area contributed by atoms with Crippen LogP contribution in [0.2, 0.25) is 0 Å². The molecule has 0 aliphatic heterocycles. The van der Waals surface area contributed by atoms with Gasteiger partial charge in [0.2, 0.25) is 0 Å². The lowest BCUT2D eigenvalue weighted by molar-refractivity contribution is -0.122. The number of hydrogen-bond acceptors (Lipinski definition) is 3. The summed E-state index contributed by atoms with van der Waals surface area (Å²) in [6, 6.07) is 16.8. The Morgan fingerprint density at radius 3 is 2.28 bits per heavy atom. The topological polar surface area (TPSA) is 47.6 Å². The number of para-hydroxylation sites is 1. The van der Waals surface area contributed by atoms with Crippen molar-refractivity contribution < 1.29 is 14.3 Å². The Labute approximate surface area is 150 Å². The average molecular weight is 341 g/mol. The largest absolute Gasteiger partial charge is 0.494 e. The predicted molar refractivity (Wildman–Crippen MR) is 101 cm³/mol. The third-order valence-corrected chi connectivity index (χ3v) is 3.77. The Hall–Kier alpha value is -2.49. The van der Waals surface area contributed by atoms with Crippen LogP contribution in [0.25, 0.3) is 0 Å². The quantitative estimate of drug-likeness (QED) is 0.705. The smallest absolute Gasteiger partial charge is 0.265 e. The van der Waals surface area contributed by atoms with Crippen molar-refractivity contribution in [3.05, 3.63) is 54.6 Å². The molecule has 0 heterocycles. The summed E-state index contributed by atoms with van der Waals surface area (Å²) in [7, 11) is 0. The highest BCUT2D eigenvalue weighted by molar-refractivity contribution is 5.94. The summed E-state index contributed by atoms with van der Waals surface area (Å²) in [6.07, 6.45) is 1.09. The van der Waals surface area contributed by atoms with E-state index in [2.05, 4.69) is 19.2 Å². The van der Waals surface area contributed by atoms with Gasteiger partial charge >= 0.3 is 0 Å². The van der Waals surface area contributed by atoms with Gasteiger partial charge in [-0.05, 0) is 55.2 Å². The molecule has 0 aliphatic rings. The van der Waals surface area contributed by atoms with Crippen molar-refractivity contribution >= 4 is 11.6 Å². The molecule has 25 heavy (non-hydrogen) atoms. The van der Waals surface area contributed by atoms with Gasteiger partial charge < -0.3 is 14.8 Å². The van der Waals surface area contributed by atoms with Crippen molar-refractivity contribution in [3.63, 3.8) is 0 Å². The fourth-order valence-electron chi connectivity index (χ4n) is 2.26. The van der Waals surface area contributed by atoms with Crippen molar-refractivity contribution in [2.75, 3.05) is 11.9 Å². The Morgan fingerprint density at radius 2 is 1.68 bits per heavy atom. The van der Waals surface area contributed by atoms with Gasteiger partial charge in [-0.25, -0.2) is 0 Å². The summed E-state index contributed by atoms with van der Waals surface area (Å²) in [5, 5.41) is 2.90. The van der Waals surface area contributed by atoms with Crippen LogP contribution in [0.3, 0.4) is 0 Å². The summed E-state index contributed by atoms with van der Waals surface area (Å²) >= 11 is 0. The predicted octanol–water partition coefficient (Wildman–Crippen LogP) is 4.91. The molecular formula is C21H27NO3. The molecule has 2 aromatic rings. The lowest BCUT2D eigenvalue weighted by Crippen LogP contribution is -2.32. The van der Waals surface area contributed by atoms with Crippen molar-refractivity contribution in [1.29, 1.82) is 0 Å². The van der Waals surface area contributed by atoms with Gasteiger partial charge in [-0.3, -0.25) is 4.79 Å². The molecule has 0 aliphatic carbocycles. The van der Waals surface area contributed by atoms with E-state index in [1.165, 1.54) is 0 Å². The second kappa shape index (κ2) is 9.72. The molecule has 1 amide bonds. The first-order valence-corrected chi connectivity index (χ1v) is 8.84. The molecule has 0 radical (unpaired) electrons. The van der Waals surface area contributed by atoms with Crippen LogP contribution in [-0.2, 0) is 4.79 Å². The SMILES string of the molecule is CCC(Oc1ccccc1)C(=O)Nc1ccc(OCCC(C)C)cc1. The Kier molecular flexibility index (Phi) is 7.33. The zero-order valence-electron chi connectivity index (χ0n) is 15.2. The highest BCUT2D eigenvalue weighted by atomic mass is 16.5. The molecule has 134 valence electrons. The Morgan fingerprint density at radius 1 is 1.00 bits per heavy atom. The van der Waals surface area contributed by atoms with Gasteiger partial charge in [0, 0.05) is 5.69 Å². The number of hydrogen-bond donors (Lipinski definition) is 1. The molecule has 1 unspecified atom stereocenters. The number of nitrogens with one attached hydrogen (secondary N) is 1. The summed E-state index contributed by atoms with van der Waals surface area (Å²) in [6.45, 7) is 6.97. The van der Waals surface area contributed by atoms with Crippen LogP contribution in [0, 0.1) is 5.92 Å². The first kappa shape index (κ1) is 18.8. The summed E-state index contributed by atoms with van der Waals surface area (Å²) in [5.41, 5.74) is 0.733. The molecule has 0 spiro atoms. The monoisotopic (exact) mass is 341 g/mol. The summed E-state index contributed by atoms with van der Waals surface area (Å²) < 4.78 is 11.4. The lowest BCUT2D eigenvalue weighted by atomic mass is 10.1. The Balaban J connectivity index is 1.88. The van der Waals surface area contributed by atoms with Gasteiger partial charge in [0.25, 0.3) is 5.91 Å². The average Bonchev–Trinajstić information content (AvgIpc) is 2.61. The van der Waals surface area contributed by atoms with Crippen molar-refractivity contribution in [2.45, 2.75) is 39.7 Å². The third kappa shape index (κ3) is 6.49.